The van der Waals surface area contributed by atoms with Crippen molar-refractivity contribution < 1.29 is 17.6 Å². The summed E-state index contributed by atoms with van der Waals surface area (Å²) < 4.78 is 42.3. The molecule has 3 aromatic rings. The quantitative estimate of drug-likeness (QED) is 0.562. The van der Waals surface area contributed by atoms with Gasteiger partial charge >= 0.3 is 0 Å². The predicted octanol–water partition coefficient (Wildman–Crippen LogP) is 4.98. The number of benzene rings is 3. The molecular weight excluding hydrogens is 471 g/mol. The fraction of sp³-hybridized carbons (Fsp3) is 0.136. The van der Waals surface area contributed by atoms with E-state index >= 15 is 0 Å². The number of halogens is 2. The molecule has 0 saturated heterocycles. The molecule has 4 rings (SSSR count). The number of carbonyl (C=O) groups excluding carboxylic acids is 1. The van der Waals surface area contributed by atoms with Crippen molar-refractivity contribution in [3.05, 3.63) is 88.1 Å². The molecule has 1 aliphatic rings. The van der Waals surface area contributed by atoms with E-state index in [1.807, 2.05) is 6.92 Å². The molecule has 154 valence electrons. The van der Waals surface area contributed by atoms with E-state index < -0.39 is 21.7 Å². The number of anilines is 2. The van der Waals surface area contributed by atoms with E-state index in [9.17, 15) is 17.6 Å². The highest BCUT2D eigenvalue weighted by Gasteiger charge is 2.36. The lowest BCUT2D eigenvalue weighted by Gasteiger charge is -2.24. The minimum Gasteiger partial charge on any atom is -0.319 e. The van der Waals surface area contributed by atoms with Crippen molar-refractivity contribution in [1.82, 2.24) is 0 Å². The molecule has 0 aromatic heterocycles. The summed E-state index contributed by atoms with van der Waals surface area (Å²) in [5.74, 6) is -1.01. The van der Waals surface area contributed by atoms with Gasteiger partial charge in [-0.25, -0.2) is 12.8 Å². The van der Waals surface area contributed by atoms with Gasteiger partial charge < -0.3 is 5.32 Å². The van der Waals surface area contributed by atoms with Gasteiger partial charge in [0.15, 0.2) is 0 Å². The van der Waals surface area contributed by atoms with Gasteiger partial charge in [-0.3, -0.25) is 9.10 Å². The first-order valence-corrected chi connectivity index (χ1v) is 11.5. The zero-order valence-corrected chi connectivity index (χ0v) is 18.4. The van der Waals surface area contributed by atoms with Gasteiger partial charge in [0.25, 0.3) is 15.9 Å². The van der Waals surface area contributed by atoms with Gasteiger partial charge in [0.05, 0.1) is 16.3 Å². The van der Waals surface area contributed by atoms with Crippen LogP contribution in [0.25, 0.3) is 0 Å². The Morgan fingerprint density at radius 1 is 1.10 bits per heavy atom. The van der Waals surface area contributed by atoms with E-state index in [2.05, 4.69) is 21.2 Å². The summed E-state index contributed by atoms with van der Waals surface area (Å²) >= 11 is 3.18. The number of amides is 1. The van der Waals surface area contributed by atoms with E-state index in [0.29, 0.717) is 22.1 Å². The fourth-order valence-electron chi connectivity index (χ4n) is 3.60. The number of rotatable bonds is 4. The van der Waals surface area contributed by atoms with Crippen molar-refractivity contribution in [2.45, 2.75) is 24.3 Å². The minimum absolute atomic E-state index is 0.0744. The maximum Gasteiger partial charge on any atom is 0.264 e. The second-order valence-electron chi connectivity index (χ2n) is 7.09. The van der Waals surface area contributed by atoms with Gasteiger partial charge in [-0.15, -0.1) is 0 Å². The van der Waals surface area contributed by atoms with Gasteiger partial charge in [0, 0.05) is 16.1 Å². The van der Waals surface area contributed by atoms with Crippen LogP contribution in [0.2, 0.25) is 0 Å². The fourth-order valence-corrected chi connectivity index (χ4v) is 5.65. The summed E-state index contributed by atoms with van der Waals surface area (Å²) in [4.78, 5) is 12.8. The van der Waals surface area contributed by atoms with Gasteiger partial charge in [0.1, 0.15) is 5.82 Å². The second kappa shape index (κ2) is 7.85. The Labute approximate surface area is 182 Å². The van der Waals surface area contributed by atoms with Crippen LogP contribution >= 0.6 is 15.9 Å². The first kappa shape index (κ1) is 20.6. The van der Waals surface area contributed by atoms with E-state index in [1.54, 1.807) is 54.6 Å². The average Bonchev–Trinajstić information content (AvgIpc) is 3.06. The van der Waals surface area contributed by atoms with Crippen LogP contribution in [0, 0.1) is 5.82 Å². The third-order valence-electron chi connectivity index (χ3n) is 4.97. The molecular formula is C22H18BrFN2O3S. The Bertz CT molecular complexity index is 1230. The normalized spacial score (nSPS) is 15.7. The van der Waals surface area contributed by atoms with Crippen LogP contribution in [0.3, 0.4) is 0 Å². The van der Waals surface area contributed by atoms with E-state index in [-0.39, 0.29) is 16.6 Å². The Hall–Kier alpha value is -2.71. The number of hydrogen-bond donors (Lipinski definition) is 1. The maximum absolute atomic E-state index is 14.0. The molecule has 3 aromatic carbocycles. The number of carbonyl (C=O) groups is 1. The highest BCUT2D eigenvalue weighted by atomic mass is 79.9. The lowest BCUT2D eigenvalue weighted by Crippen LogP contribution is -2.35. The van der Waals surface area contributed by atoms with E-state index in [4.69, 9.17) is 0 Å². The van der Waals surface area contributed by atoms with Gasteiger partial charge in [-0.2, -0.15) is 0 Å². The van der Waals surface area contributed by atoms with Crippen LogP contribution in [0.4, 0.5) is 15.8 Å². The van der Waals surface area contributed by atoms with Crippen LogP contribution in [-0.2, 0) is 16.4 Å². The maximum atomic E-state index is 14.0. The van der Waals surface area contributed by atoms with Crippen LogP contribution < -0.4 is 9.62 Å². The van der Waals surface area contributed by atoms with Gasteiger partial charge in [-0.05, 0) is 67.4 Å². The van der Waals surface area contributed by atoms with Crippen molar-refractivity contribution in [2.75, 3.05) is 9.62 Å². The average molecular weight is 489 g/mol. The Balaban J connectivity index is 1.63. The molecule has 8 heteroatoms. The Morgan fingerprint density at radius 2 is 1.83 bits per heavy atom. The molecule has 0 bridgehead atoms. The van der Waals surface area contributed by atoms with Crippen molar-refractivity contribution in [1.29, 1.82) is 0 Å². The first-order valence-electron chi connectivity index (χ1n) is 9.26. The first-order chi connectivity index (χ1) is 14.3. The van der Waals surface area contributed by atoms with E-state index in [1.165, 1.54) is 16.4 Å². The number of nitrogens with one attached hydrogen (secondary N) is 1. The molecule has 1 aliphatic heterocycles. The lowest BCUT2D eigenvalue weighted by atomic mass is 10.1. The molecule has 1 atom stereocenters. The summed E-state index contributed by atoms with van der Waals surface area (Å²) in [6.07, 6.45) is 0.481. The number of sulfonamides is 1. The molecule has 5 nitrogen and oxygen atoms in total. The molecule has 0 spiro atoms. The Kier molecular flexibility index (Phi) is 5.38. The van der Waals surface area contributed by atoms with E-state index in [0.717, 1.165) is 5.56 Å². The monoisotopic (exact) mass is 488 g/mol. The second-order valence-corrected chi connectivity index (χ2v) is 9.82. The highest BCUT2D eigenvalue weighted by Crippen LogP contribution is 2.37. The smallest absolute Gasteiger partial charge is 0.264 e. The number of fused-ring (bicyclic) bond motifs is 1. The van der Waals surface area contributed by atoms with Crippen molar-refractivity contribution in [2.24, 2.45) is 0 Å². The van der Waals surface area contributed by atoms with Crippen molar-refractivity contribution in [3.8, 4) is 0 Å². The third kappa shape index (κ3) is 3.73. The van der Waals surface area contributed by atoms with Crippen molar-refractivity contribution in [3.63, 3.8) is 0 Å². The van der Waals surface area contributed by atoms with Crippen LogP contribution in [0.15, 0.2) is 76.1 Å². The molecule has 1 N–H and O–H groups in total. The largest absolute Gasteiger partial charge is 0.319 e. The number of hydrogen-bond acceptors (Lipinski definition) is 3. The molecule has 0 fully saturated rings. The van der Waals surface area contributed by atoms with Gasteiger partial charge in [-0.1, -0.05) is 34.1 Å². The molecule has 1 amide bonds. The summed E-state index contributed by atoms with van der Waals surface area (Å²) in [7, 11) is -3.71. The SMILES string of the molecule is C[C@H]1Cc2cc(C(=O)Nc3ccc(Br)cc3F)ccc2N1S(=O)(=O)c1ccccc1. The predicted molar refractivity (Wildman–Crippen MR) is 118 cm³/mol. The minimum atomic E-state index is -3.71. The van der Waals surface area contributed by atoms with Crippen molar-refractivity contribution >= 4 is 43.2 Å². The van der Waals surface area contributed by atoms with Crippen LogP contribution in [0.5, 0.6) is 0 Å². The third-order valence-corrected chi connectivity index (χ3v) is 7.41. The molecule has 0 aliphatic carbocycles. The lowest BCUT2D eigenvalue weighted by molar-refractivity contribution is 0.102. The highest BCUT2D eigenvalue weighted by molar-refractivity contribution is 9.10. The summed E-state index contributed by atoms with van der Waals surface area (Å²) in [6.45, 7) is 1.83. The Morgan fingerprint density at radius 3 is 2.53 bits per heavy atom. The standard InChI is InChI=1S/C22H18BrFN2O3S/c1-14-11-16-12-15(22(27)25-20-9-8-17(23)13-19(20)24)7-10-21(16)26(14)30(28,29)18-5-3-2-4-6-18/h2-10,12-14H,11H2,1H3,(H,25,27)/t14-/m0/s1. The molecule has 0 saturated carbocycles. The molecule has 0 unspecified atom stereocenters. The molecule has 1 heterocycles. The zero-order valence-electron chi connectivity index (χ0n) is 16.0. The van der Waals surface area contributed by atoms with Crippen LogP contribution in [-0.4, -0.2) is 20.4 Å². The summed E-state index contributed by atoms with van der Waals surface area (Å²) in [5.41, 5.74) is 1.72. The van der Waals surface area contributed by atoms with Crippen LogP contribution in [0.1, 0.15) is 22.8 Å². The summed E-state index contributed by atoms with van der Waals surface area (Å²) in [5, 5.41) is 2.56. The number of nitrogens with zero attached hydrogens (tertiary/aromatic N) is 1. The zero-order chi connectivity index (χ0) is 21.5. The molecule has 30 heavy (non-hydrogen) atoms. The summed E-state index contributed by atoms with van der Waals surface area (Å²) in [6, 6.07) is 17.2. The molecule has 0 radical (unpaired) electrons. The topological polar surface area (TPSA) is 66.5 Å². The van der Waals surface area contributed by atoms with Gasteiger partial charge in [0.2, 0.25) is 0 Å².